The van der Waals surface area contributed by atoms with Gasteiger partial charge < -0.3 is 9.47 Å². The molecule has 1 aliphatic heterocycles. The lowest BCUT2D eigenvalue weighted by Crippen LogP contribution is -2.31. The molecular weight excluding hydrogens is 354 g/mol. The Balaban J connectivity index is 1.84. The van der Waals surface area contributed by atoms with E-state index in [1.807, 2.05) is 6.07 Å². The van der Waals surface area contributed by atoms with Gasteiger partial charge in [-0.1, -0.05) is 49.7 Å². The first kappa shape index (κ1) is 18.4. The third-order valence-corrected chi connectivity index (χ3v) is 6.12. The molecule has 1 aromatic carbocycles. The molecule has 2 aromatic heterocycles. The summed E-state index contributed by atoms with van der Waals surface area (Å²) in [4.78, 5) is 7.21. The average molecular weight is 382 g/mol. The quantitative estimate of drug-likeness (QED) is 0.523. The maximum atomic E-state index is 6.46. The van der Waals surface area contributed by atoms with Gasteiger partial charge in [0, 0.05) is 30.7 Å². The summed E-state index contributed by atoms with van der Waals surface area (Å²) in [5, 5.41) is 1.82. The Bertz CT molecular complexity index is 987. The molecule has 0 atom stereocenters. The number of pyridine rings is 1. The van der Waals surface area contributed by atoms with Gasteiger partial charge in [-0.3, -0.25) is 0 Å². The van der Waals surface area contributed by atoms with Crippen molar-refractivity contribution >= 4 is 28.3 Å². The van der Waals surface area contributed by atoms with Crippen molar-refractivity contribution in [2.45, 2.75) is 53.6 Å². The molecule has 0 saturated carbocycles. The summed E-state index contributed by atoms with van der Waals surface area (Å²) in [7, 11) is 0. The van der Waals surface area contributed by atoms with Gasteiger partial charge in [-0.05, 0) is 55.4 Å². The zero-order valence-corrected chi connectivity index (χ0v) is 17.5. The lowest BCUT2D eigenvalue weighted by atomic mass is 10.00. The van der Waals surface area contributed by atoms with Crippen molar-refractivity contribution in [1.29, 1.82) is 0 Å². The van der Waals surface area contributed by atoms with Gasteiger partial charge in [0.25, 0.3) is 0 Å². The second-order valence-electron chi connectivity index (χ2n) is 8.15. The smallest absolute Gasteiger partial charge is 0.155 e. The molecule has 0 fully saturated rings. The van der Waals surface area contributed by atoms with Crippen molar-refractivity contribution in [2.75, 3.05) is 11.4 Å². The lowest BCUT2D eigenvalue weighted by Gasteiger charge is -2.31. The van der Waals surface area contributed by atoms with Crippen molar-refractivity contribution in [3.8, 4) is 0 Å². The van der Waals surface area contributed by atoms with Gasteiger partial charge >= 0.3 is 0 Å². The Morgan fingerprint density at radius 1 is 1.15 bits per heavy atom. The molecule has 3 heterocycles. The standard InChI is InChI=1S/C23H28ClN3/c1-15(2)9-12-27-17(4)16(3)20-13-21(24)25-23(22(20)27)26-11-10-18-7-5-6-8-19(18)14-26/h5-8,13,15H,9-12,14H2,1-4H3. The Kier molecular flexibility index (Phi) is 4.90. The first-order valence-electron chi connectivity index (χ1n) is 9.93. The largest absolute Gasteiger partial charge is 0.350 e. The van der Waals surface area contributed by atoms with Crippen LogP contribution in [0.4, 0.5) is 5.82 Å². The third kappa shape index (κ3) is 3.34. The van der Waals surface area contributed by atoms with Crippen LogP contribution in [-0.4, -0.2) is 16.1 Å². The molecule has 0 amide bonds. The van der Waals surface area contributed by atoms with Gasteiger partial charge in [-0.2, -0.15) is 0 Å². The second-order valence-corrected chi connectivity index (χ2v) is 8.54. The summed E-state index contributed by atoms with van der Waals surface area (Å²) < 4.78 is 2.46. The van der Waals surface area contributed by atoms with Gasteiger partial charge in [-0.25, -0.2) is 4.98 Å². The number of aryl methyl sites for hydroxylation is 2. The molecule has 4 rings (SSSR count). The van der Waals surface area contributed by atoms with E-state index in [4.69, 9.17) is 16.6 Å². The summed E-state index contributed by atoms with van der Waals surface area (Å²) >= 11 is 6.46. The molecule has 27 heavy (non-hydrogen) atoms. The van der Waals surface area contributed by atoms with Gasteiger partial charge in [0.1, 0.15) is 5.15 Å². The normalized spacial score (nSPS) is 14.2. The van der Waals surface area contributed by atoms with Gasteiger partial charge in [-0.15, -0.1) is 0 Å². The lowest BCUT2D eigenvalue weighted by molar-refractivity contribution is 0.518. The number of hydrogen-bond donors (Lipinski definition) is 0. The number of halogens is 1. The molecule has 3 nitrogen and oxygen atoms in total. The minimum Gasteiger partial charge on any atom is -0.350 e. The van der Waals surface area contributed by atoms with Crippen LogP contribution < -0.4 is 4.90 Å². The van der Waals surface area contributed by atoms with Crippen molar-refractivity contribution in [3.05, 3.63) is 57.9 Å². The van der Waals surface area contributed by atoms with Gasteiger partial charge in [0.05, 0.1) is 5.52 Å². The van der Waals surface area contributed by atoms with E-state index in [1.165, 1.54) is 33.3 Å². The monoisotopic (exact) mass is 381 g/mol. The van der Waals surface area contributed by atoms with E-state index in [1.54, 1.807) is 0 Å². The van der Waals surface area contributed by atoms with Crippen LogP contribution >= 0.6 is 11.6 Å². The molecule has 0 aliphatic carbocycles. The van der Waals surface area contributed by atoms with E-state index in [-0.39, 0.29) is 0 Å². The first-order chi connectivity index (χ1) is 13.0. The maximum Gasteiger partial charge on any atom is 0.155 e. The van der Waals surface area contributed by atoms with Crippen molar-refractivity contribution < 1.29 is 0 Å². The van der Waals surface area contributed by atoms with E-state index < -0.39 is 0 Å². The zero-order valence-electron chi connectivity index (χ0n) is 16.7. The molecule has 1 aliphatic rings. The SMILES string of the molecule is Cc1c(C)n(CCC(C)C)c2c(N3CCc4ccccc4C3)nc(Cl)cc12. The van der Waals surface area contributed by atoms with Crippen molar-refractivity contribution in [3.63, 3.8) is 0 Å². The van der Waals surface area contributed by atoms with Crippen LogP contribution in [0.3, 0.4) is 0 Å². The number of rotatable bonds is 4. The minimum atomic E-state index is 0.584. The molecule has 0 N–H and O–H groups in total. The number of nitrogens with zero attached hydrogens (tertiary/aromatic N) is 3. The summed E-state index contributed by atoms with van der Waals surface area (Å²) in [6.45, 7) is 11.9. The topological polar surface area (TPSA) is 21.1 Å². The predicted octanol–water partition coefficient (Wildman–Crippen LogP) is 5.92. The highest BCUT2D eigenvalue weighted by atomic mass is 35.5. The predicted molar refractivity (Wildman–Crippen MR) is 115 cm³/mol. The van der Waals surface area contributed by atoms with Crippen LogP contribution in [0.2, 0.25) is 5.15 Å². The van der Waals surface area contributed by atoms with Crippen LogP contribution in [0.25, 0.3) is 10.9 Å². The highest BCUT2D eigenvalue weighted by Gasteiger charge is 2.23. The molecular formula is C23H28ClN3. The molecule has 0 radical (unpaired) electrons. The van der Waals surface area contributed by atoms with Crippen LogP contribution in [0.1, 0.15) is 42.7 Å². The summed E-state index contributed by atoms with van der Waals surface area (Å²) in [6, 6.07) is 10.8. The molecule has 3 aromatic rings. The molecule has 4 heteroatoms. The highest BCUT2D eigenvalue weighted by molar-refractivity contribution is 6.30. The van der Waals surface area contributed by atoms with E-state index in [0.29, 0.717) is 11.1 Å². The molecule has 0 saturated heterocycles. The van der Waals surface area contributed by atoms with Crippen LogP contribution in [0, 0.1) is 19.8 Å². The fraction of sp³-hybridized carbons (Fsp3) is 0.435. The third-order valence-electron chi connectivity index (χ3n) is 5.92. The first-order valence-corrected chi connectivity index (χ1v) is 10.3. The fourth-order valence-corrected chi connectivity index (χ4v) is 4.36. The van der Waals surface area contributed by atoms with E-state index >= 15 is 0 Å². The van der Waals surface area contributed by atoms with Crippen LogP contribution in [0.15, 0.2) is 30.3 Å². The van der Waals surface area contributed by atoms with E-state index in [0.717, 1.165) is 38.3 Å². The molecule has 0 unspecified atom stereocenters. The zero-order chi connectivity index (χ0) is 19.1. The number of hydrogen-bond acceptors (Lipinski definition) is 2. The Hall–Kier alpha value is -2.00. The summed E-state index contributed by atoms with van der Waals surface area (Å²) in [5.74, 6) is 1.71. The van der Waals surface area contributed by atoms with Crippen LogP contribution in [-0.2, 0) is 19.5 Å². The maximum absolute atomic E-state index is 6.46. The molecule has 0 spiro atoms. The number of aromatic nitrogens is 2. The Labute approximate surface area is 167 Å². The summed E-state index contributed by atoms with van der Waals surface area (Å²) in [6.07, 6.45) is 2.21. The average Bonchev–Trinajstić information content (AvgIpc) is 2.89. The van der Waals surface area contributed by atoms with Gasteiger partial charge in [0.15, 0.2) is 5.82 Å². The fourth-order valence-electron chi connectivity index (χ4n) is 4.18. The number of fused-ring (bicyclic) bond motifs is 2. The van der Waals surface area contributed by atoms with Crippen LogP contribution in [0.5, 0.6) is 0 Å². The number of anilines is 1. The molecule has 142 valence electrons. The Morgan fingerprint density at radius 3 is 2.63 bits per heavy atom. The second kappa shape index (κ2) is 7.20. The van der Waals surface area contributed by atoms with Gasteiger partial charge in [0.2, 0.25) is 0 Å². The highest BCUT2D eigenvalue weighted by Crippen LogP contribution is 2.36. The molecule has 0 bridgehead atoms. The summed E-state index contributed by atoms with van der Waals surface area (Å²) in [5.41, 5.74) is 6.74. The Morgan fingerprint density at radius 2 is 1.89 bits per heavy atom. The van der Waals surface area contributed by atoms with E-state index in [2.05, 4.69) is 61.4 Å². The number of benzene rings is 1. The van der Waals surface area contributed by atoms with Crippen molar-refractivity contribution in [2.24, 2.45) is 5.92 Å². The van der Waals surface area contributed by atoms with Crippen molar-refractivity contribution in [1.82, 2.24) is 9.55 Å². The minimum absolute atomic E-state index is 0.584. The van der Waals surface area contributed by atoms with E-state index in [9.17, 15) is 0 Å².